The summed E-state index contributed by atoms with van der Waals surface area (Å²) < 4.78 is 15.6. The van der Waals surface area contributed by atoms with Gasteiger partial charge in [-0.2, -0.15) is 5.10 Å². The van der Waals surface area contributed by atoms with E-state index in [1.54, 1.807) is 12.1 Å². The number of anilines is 1. The van der Waals surface area contributed by atoms with Crippen molar-refractivity contribution in [1.29, 1.82) is 0 Å². The lowest BCUT2D eigenvalue weighted by molar-refractivity contribution is 0.0996. The molecule has 1 aromatic heterocycles. The van der Waals surface area contributed by atoms with Crippen molar-refractivity contribution in [3.05, 3.63) is 39.5 Å². The predicted molar refractivity (Wildman–Crippen MR) is 69.2 cm³/mol. The van der Waals surface area contributed by atoms with E-state index in [9.17, 15) is 9.18 Å². The Morgan fingerprint density at radius 3 is 2.71 bits per heavy atom. The molecule has 2 aromatic rings. The molecule has 0 aliphatic heterocycles. The highest BCUT2D eigenvalue weighted by Gasteiger charge is 2.14. The van der Waals surface area contributed by atoms with Crippen LogP contribution in [0.3, 0.4) is 0 Å². The summed E-state index contributed by atoms with van der Waals surface area (Å²) in [6.07, 6.45) is 1.35. The number of aromatic nitrogens is 2. The van der Waals surface area contributed by atoms with Gasteiger partial charge in [0.05, 0.1) is 11.9 Å². The third-order valence-electron chi connectivity index (χ3n) is 2.13. The summed E-state index contributed by atoms with van der Waals surface area (Å²) in [7, 11) is 0. The summed E-state index contributed by atoms with van der Waals surface area (Å²) in [5.41, 5.74) is 10.9. The topological polar surface area (TPSA) is 86.9 Å². The summed E-state index contributed by atoms with van der Waals surface area (Å²) in [5, 5.41) is 3.84. The van der Waals surface area contributed by atoms with E-state index < -0.39 is 11.7 Å². The van der Waals surface area contributed by atoms with Gasteiger partial charge in [0.25, 0.3) is 5.91 Å². The zero-order chi connectivity index (χ0) is 12.6. The van der Waals surface area contributed by atoms with Crippen LogP contribution in [-0.2, 0) is 0 Å². The number of hydrogen-bond donors (Lipinski definition) is 2. The lowest BCUT2D eigenvalue weighted by atomic mass is 10.3. The Morgan fingerprint density at radius 1 is 1.47 bits per heavy atom. The summed E-state index contributed by atoms with van der Waals surface area (Å²) in [5.74, 6) is -1.19. The van der Waals surface area contributed by atoms with Gasteiger partial charge in [0.1, 0.15) is 11.5 Å². The van der Waals surface area contributed by atoms with Crippen molar-refractivity contribution in [2.75, 3.05) is 5.73 Å². The lowest BCUT2D eigenvalue weighted by Gasteiger charge is -2.02. The van der Waals surface area contributed by atoms with Crippen LogP contribution in [0.1, 0.15) is 10.5 Å². The molecular weight excluding hydrogens is 338 g/mol. The van der Waals surface area contributed by atoms with Gasteiger partial charge in [0, 0.05) is 3.57 Å². The maximum absolute atomic E-state index is 13.7. The maximum Gasteiger partial charge on any atom is 0.271 e. The molecule has 2 rings (SSSR count). The molecule has 4 N–H and O–H groups in total. The number of carbonyl (C=O) groups excluding carboxylic acids is 1. The van der Waals surface area contributed by atoms with Gasteiger partial charge in [-0.3, -0.25) is 4.79 Å². The van der Waals surface area contributed by atoms with Crippen LogP contribution in [0, 0.1) is 9.39 Å². The molecular formula is C10H8FIN4O. The first-order chi connectivity index (χ1) is 7.99. The lowest BCUT2D eigenvalue weighted by Crippen LogP contribution is -2.14. The number of rotatable bonds is 2. The number of carbonyl (C=O) groups is 1. The molecule has 0 saturated heterocycles. The van der Waals surface area contributed by atoms with E-state index in [0.717, 1.165) is 3.57 Å². The maximum atomic E-state index is 13.7. The average molecular weight is 346 g/mol. The van der Waals surface area contributed by atoms with E-state index >= 15 is 0 Å². The van der Waals surface area contributed by atoms with Crippen LogP contribution in [0.15, 0.2) is 24.4 Å². The molecule has 17 heavy (non-hydrogen) atoms. The van der Waals surface area contributed by atoms with Gasteiger partial charge in [0.2, 0.25) is 0 Å². The minimum Gasteiger partial charge on any atom is -0.396 e. The fourth-order valence-corrected chi connectivity index (χ4v) is 1.82. The van der Waals surface area contributed by atoms with Gasteiger partial charge >= 0.3 is 0 Å². The highest BCUT2D eigenvalue weighted by molar-refractivity contribution is 14.1. The minimum atomic E-state index is -0.743. The van der Waals surface area contributed by atoms with Crippen molar-refractivity contribution < 1.29 is 9.18 Å². The number of nitrogens with zero attached hydrogens (tertiary/aromatic N) is 2. The standard InChI is InChI=1S/C10H8FIN4O/c11-6-3-5(12)1-2-8(6)16-4-7(13)9(15-16)10(14)17/h1-4H,13H2,(H2,14,17). The Morgan fingerprint density at radius 2 is 2.18 bits per heavy atom. The van der Waals surface area contributed by atoms with Crippen molar-refractivity contribution in [1.82, 2.24) is 9.78 Å². The van der Waals surface area contributed by atoms with E-state index in [1.165, 1.54) is 16.9 Å². The molecule has 1 amide bonds. The monoisotopic (exact) mass is 346 g/mol. The summed E-state index contributed by atoms with van der Waals surface area (Å²) in [4.78, 5) is 11.0. The molecule has 0 saturated carbocycles. The van der Waals surface area contributed by atoms with Crippen LogP contribution in [0.25, 0.3) is 5.69 Å². The Kier molecular flexibility index (Phi) is 3.01. The number of primary amides is 1. The van der Waals surface area contributed by atoms with Gasteiger partial charge in [-0.05, 0) is 40.8 Å². The fraction of sp³-hybridized carbons (Fsp3) is 0. The molecule has 1 heterocycles. The molecule has 88 valence electrons. The summed E-state index contributed by atoms with van der Waals surface area (Å²) >= 11 is 2.00. The molecule has 0 bridgehead atoms. The smallest absolute Gasteiger partial charge is 0.271 e. The summed E-state index contributed by atoms with van der Waals surface area (Å²) in [6, 6.07) is 4.63. The van der Waals surface area contributed by atoms with Crippen LogP contribution in [-0.4, -0.2) is 15.7 Å². The molecule has 0 aliphatic rings. The number of benzene rings is 1. The highest BCUT2D eigenvalue weighted by atomic mass is 127. The predicted octanol–water partition coefficient (Wildman–Crippen LogP) is 1.30. The van der Waals surface area contributed by atoms with Crippen LogP contribution in [0.2, 0.25) is 0 Å². The van der Waals surface area contributed by atoms with Gasteiger partial charge in [-0.15, -0.1) is 0 Å². The molecule has 5 nitrogen and oxygen atoms in total. The Bertz CT molecular complexity index is 596. The van der Waals surface area contributed by atoms with E-state index in [0.29, 0.717) is 0 Å². The normalized spacial score (nSPS) is 10.5. The second-order valence-corrected chi connectivity index (χ2v) is 4.58. The zero-order valence-electron chi connectivity index (χ0n) is 8.52. The largest absolute Gasteiger partial charge is 0.396 e. The quantitative estimate of drug-likeness (QED) is 0.804. The van der Waals surface area contributed by atoms with Gasteiger partial charge in [-0.25, -0.2) is 9.07 Å². The Labute approximate surface area is 110 Å². The van der Waals surface area contributed by atoms with E-state index in [1.807, 2.05) is 22.6 Å². The fourth-order valence-electron chi connectivity index (χ4n) is 1.37. The molecule has 0 aliphatic carbocycles. The number of amides is 1. The van der Waals surface area contributed by atoms with Gasteiger partial charge in [0.15, 0.2) is 5.69 Å². The van der Waals surface area contributed by atoms with Crippen molar-refractivity contribution in [2.45, 2.75) is 0 Å². The Hall–Kier alpha value is -1.64. The first-order valence-electron chi connectivity index (χ1n) is 4.59. The van der Waals surface area contributed by atoms with Crippen LogP contribution >= 0.6 is 22.6 Å². The number of nitrogen functional groups attached to an aromatic ring is 1. The van der Waals surface area contributed by atoms with E-state index in [4.69, 9.17) is 11.5 Å². The van der Waals surface area contributed by atoms with Crippen molar-refractivity contribution >= 4 is 34.2 Å². The van der Waals surface area contributed by atoms with Crippen molar-refractivity contribution in [3.8, 4) is 5.69 Å². The summed E-state index contributed by atoms with van der Waals surface area (Å²) in [6.45, 7) is 0. The van der Waals surface area contributed by atoms with Crippen LogP contribution in [0.5, 0.6) is 0 Å². The number of halogens is 2. The average Bonchev–Trinajstić information content (AvgIpc) is 2.60. The molecule has 1 aromatic carbocycles. The van der Waals surface area contributed by atoms with Crippen molar-refractivity contribution in [3.63, 3.8) is 0 Å². The second kappa shape index (κ2) is 4.32. The molecule has 0 radical (unpaired) electrons. The van der Waals surface area contributed by atoms with Gasteiger partial charge in [-0.1, -0.05) is 0 Å². The van der Waals surface area contributed by atoms with Crippen LogP contribution < -0.4 is 11.5 Å². The van der Waals surface area contributed by atoms with E-state index in [2.05, 4.69) is 5.10 Å². The molecule has 0 unspecified atom stereocenters. The van der Waals surface area contributed by atoms with E-state index in [-0.39, 0.29) is 17.1 Å². The van der Waals surface area contributed by atoms with Crippen molar-refractivity contribution in [2.24, 2.45) is 5.73 Å². The molecule has 0 spiro atoms. The van der Waals surface area contributed by atoms with Crippen LogP contribution in [0.4, 0.5) is 10.1 Å². The second-order valence-electron chi connectivity index (χ2n) is 3.34. The third kappa shape index (κ3) is 2.23. The SMILES string of the molecule is NC(=O)c1nn(-c2ccc(I)cc2F)cc1N. The molecule has 7 heteroatoms. The minimum absolute atomic E-state index is 0.0667. The first-order valence-corrected chi connectivity index (χ1v) is 5.67. The molecule has 0 atom stereocenters. The molecule has 0 fully saturated rings. The van der Waals surface area contributed by atoms with Gasteiger partial charge < -0.3 is 11.5 Å². The first kappa shape index (κ1) is 11.8. The highest BCUT2D eigenvalue weighted by Crippen LogP contribution is 2.18. The number of nitrogens with two attached hydrogens (primary N) is 2. The zero-order valence-corrected chi connectivity index (χ0v) is 10.7. The number of hydrogen-bond acceptors (Lipinski definition) is 3. The Balaban J connectivity index is 2.53. The third-order valence-corrected chi connectivity index (χ3v) is 2.80.